The van der Waals surface area contributed by atoms with Gasteiger partial charge in [0, 0.05) is 26.6 Å². The van der Waals surface area contributed by atoms with Crippen molar-refractivity contribution in [2.24, 2.45) is 5.41 Å². The summed E-state index contributed by atoms with van der Waals surface area (Å²) in [4.78, 5) is 16.1. The van der Waals surface area contributed by atoms with Crippen LogP contribution >= 0.6 is 0 Å². The van der Waals surface area contributed by atoms with E-state index in [0.29, 0.717) is 6.54 Å². The molecule has 2 fully saturated rings. The van der Waals surface area contributed by atoms with E-state index >= 15 is 0 Å². The highest BCUT2D eigenvalue weighted by Gasteiger charge is 2.42. The lowest BCUT2D eigenvalue weighted by Gasteiger charge is -2.49. The van der Waals surface area contributed by atoms with Crippen LogP contribution < -0.4 is 4.74 Å². The molecule has 150 valence electrons. The summed E-state index contributed by atoms with van der Waals surface area (Å²) in [6, 6.07) is 12.8. The Balaban J connectivity index is 1.40. The van der Waals surface area contributed by atoms with Crippen LogP contribution in [0.4, 0.5) is 0 Å². The second-order valence-electron chi connectivity index (χ2n) is 8.58. The van der Waals surface area contributed by atoms with Gasteiger partial charge in [-0.15, -0.1) is 0 Å². The van der Waals surface area contributed by atoms with E-state index < -0.39 is 0 Å². The third kappa shape index (κ3) is 4.01. The van der Waals surface area contributed by atoms with Gasteiger partial charge in [0.05, 0.1) is 13.2 Å². The highest BCUT2D eigenvalue weighted by atomic mass is 16.5. The van der Waals surface area contributed by atoms with Crippen LogP contribution in [0.5, 0.6) is 5.75 Å². The summed E-state index contributed by atoms with van der Waals surface area (Å²) >= 11 is 0. The van der Waals surface area contributed by atoms with Gasteiger partial charge < -0.3 is 14.7 Å². The molecule has 1 unspecified atom stereocenters. The number of piperidine rings is 2. The number of aliphatic hydroxyl groups is 1. The Hall–Kier alpha value is -2.11. The van der Waals surface area contributed by atoms with Crippen molar-refractivity contribution in [3.8, 4) is 5.75 Å². The zero-order chi connectivity index (χ0) is 19.7. The Morgan fingerprint density at radius 2 is 1.89 bits per heavy atom. The maximum Gasteiger partial charge on any atom is 0.219 e. The van der Waals surface area contributed by atoms with Crippen molar-refractivity contribution in [2.75, 3.05) is 33.3 Å². The van der Waals surface area contributed by atoms with Crippen LogP contribution in [0, 0.1) is 5.41 Å². The number of carbonyl (C=O) groups is 1. The van der Waals surface area contributed by atoms with Gasteiger partial charge in [-0.1, -0.05) is 18.2 Å². The molecule has 4 rings (SSSR count). The molecule has 1 N–H and O–H groups in total. The first-order valence-electron chi connectivity index (χ1n) is 10.2. The first-order chi connectivity index (χ1) is 13.5. The molecule has 1 atom stereocenters. The fraction of sp³-hybridized carbons (Fsp3) is 0.522. The molecular weight excluding hydrogens is 352 g/mol. The molecule has 0 bridgehead atoms. The van der Waals surface area contributed by atoms with Gasteiger partial charge in [-0.05, 0) is 72.3 Å². The summed E-state index contributed by atoms with van der Waals surface area (Å²) in [6.07, 6.45) is 2.52. The van der Waals surface area contributed by atoms with Crippen LogP contribution in [0.2, 0.25) is 0 Å². The molecule has 0 radical (unpaired) electrons. The molecule has 2 heterocycles. The van der Waals surface area contributed by atoms with E-state index in [-0.39, 0.29) is 17.4 Å². The van der Waals surface area contributed by atoms with Gasteiger partial charge in [-0.2, -0.15) is 0 Å². The molecule has 2 saturated heterocycles. The summed E-state index contributed by atoms with van der Waals surface area (Å²) in [5.41, 5.74) is 1.41. The van der Waals surface area contributed by atoms with Gasteiger partial charge in [-0.3, -0.25) is 9.69 Å². The highest BCUT2D eigenvalue weighted by Crippen LogP contribution is 2.40. The van der Waals surface area contributed by atoms with Gasteiger partial charge in [0.1, 0.15) is 5.75 Å². The smallest absolute Gasteiger partial charge is 0.219 e. The minimum Gasteiger partial charge on any atom is -0.497 e. The summed E-state index contributed by atoms with van der Waals surface area (Å²) < 4.78 is 5.31. The SMILES string of the molecule is COc1ccc2cc(CN3CCC4(CC3)CC(O)CN(C(C)=O)C4)ccc2c1. The largest absolute Gasteiger partial charge is 0.497 e. The summed E-state index contributed by atoms with van der Waals surface area (Å²) in [5.74, 6) is 0.962. The number of benzene rings is 2. The second-order valence-corrected chi connectivity index (χ2v) is 8.58. The van der Waals surface area contributed by atoms with Crippen LogP contribution in [0.25, 0.3) is 10.8 Å². The maximum atomic E-state index is 11.8. The molecule has 2 aliphatic heterocycles. The molecule has 5 nitrogen and oxygen atoms in total. The number of rotatable bonds is 3. The number of β-amino-alcohol motifs (C(OH)–C–C–N with tert-alkyl or cyclic N) is 1. The fourth-order valence-electron chi connectivity index (χ4n) is 4.90. The molecule has 2 aromatic carbocycles. The Bertz CT molecular complexity index is 858. The van der Waals surface area contributed by atoms with Gasteiger partial charge in [-0.25, -0.2) is 0 Å². The van der Waals surface area contributed by atoms with Crippen molar-refractivity contribution in [3.63, 3.8) is 0 Å². The van der Waals surface area contributed by atoms with Crippen molar-refractivity contribution >= 4 is 16.7 Å². The predicted octanol–water partition coefficient (Wildman–Crippen LogP) is 3.04. The molecule has 0 aliphatic carbocycles. The number of likely N-dealkylation sites (tertiary alicyclic amines) is 2. The molecule has 0 saturated carbocycles. The second kappa shape index (κ2) is 7.72. The van der Waals surface area contributed by atoms with Crippen molar-refractivity contribution in [1.29, 1.82) is 0 Å². The van der Waals surface area contributed by atoms with Gasteiger partial charge in [0.2, 0.25) is 5.91 Å². The van der Waals surface area contributed by atoms with E-state index in [0.717, 1.165) is 51.2 Å². The van der Waals surface area contributed by atoms with Gasteiger partial charge in [0.25, 0.3) is 0 Å². The van der Waals surface area contributed by atoms with E-state index in [9.17, 15) is 9.90 Å². The summed E-state index contributed by atoms with van der Waals surface area (Å²) in [6.45, 7) is 5.86. The number of carbonyl (C=O) groups excluding carboxylic acids is 1. The summed E-state index contributed by atoms with van der Waals surface area (Å²) in [7, 11) is 1.69. The lowest BCUT2D eigenvalue weighted by molar-refractivity contribution is -0.138. The van der Waals surface area contributed by atoms with Crippen molar-refractivity contribution in [2.45, 2.75) is 38.8 Å². The Labute approximate surface area is 166 Å². The standard InChI is InChI=1S/C23H30N2O3/c1-17(26)25-15-21(27)13-23(16-25)7-9-24(10-8-23)14-18-3-4-20-12-22(28-2)6-5-19(20)11-18/h3-6,11-12,21,27H,7-10,13-16H2,1-2H3. The monoisotopic (exact) mass is 382 g/mol. The molecular formula is C23H30N2O3. The van der Waals surface area contributed by atoms with Crippen LogP contribution in [0.15, 0.2) is 36.4 Å². The number of amides is 1. The van der Waals surface area contributed by atoms with Crippen LogP contribution in [-0.4, -0.2) is 60.2 Å². The Morgan fingerprint density at radius 1 is 1.18 bits per heavy atom. The van der Waals surface area contributed by atoms with E-state index in [4.69, 9.17) is 4.74 Å². The number of fused-ring (bicyclic) bond motifs is 1. The number of hydrogen-bond acceptors (Lipinski definition) is 4. The molecule has 1 amide bonds. The van der Waals surface area contributed by atoms with Crippen LogP contribution in [-0.2, 0) is 11.3 Å². The number of nitrogens with zero attached hydrogens (tertiary/aromatic N) is 2. The predicted molar refractivity (Wildman–Crippen MR) is 110 cm³/mol. The third-order valence-electron chi connectivity index (χ3n) is 6.51. The summed E-state index contributed by atoms with van der Waals surface area (Å²) in [5, 5.41) is 12.7. The van der Waals surface area contributed by atoms with Gasteiger partial charge >= 0.3 is 0 Å². The first kappa shape index (κ1) is 19.2. The molecule has 2 aliphatic rings. The fourth-order valence-corrected chi connectivity index (χ4v) is 4.90. The van der Waals surface area contributed by atoms with E-state index in [2.05, 4.69) is 35.2 Å². The highest BCUT2D eigenvalue weighted by molar-refractivity contribution is 5.84. The number of ether oxygens (including phenoxy) is 1. The van der Waals surface area contributed by atoms with Gasteiger partial charge in [0.15, 0.2) is 0 Å². The quantitative estimate of drug-likeness (QED) is 0.887. The minimum absolute atomic E-state index is 0.0772. The van der Waals surface area contributed by atoms with E-state index in [1.54, 1.807) is 14.0 Å². The molecule has 5 heteroatoms. The van der Waals surface area contributed by atoms with Crippen molar-refractivity contribution in [3.05, 3.63) is 42.0 Å². The number of hydrogen-bond donors (Lipinski definition) is 1. The average molecular weight is 383 g/mol. The van der Waals surface area contributed by atoms with Crippen LogP contribution in [0.3, 0.4) is 0 Å². The molecule has 1 spiro atoms. The van der Waals surface area contributed by atoms with E-state index in [1.807, 2.05) is 11.0 Å². The van der Waals surface area contributed by atoms with Crippen molar-refractivity contribution in [1.82, 2.24) is 9.80 Å². The number of methoxy groups -OCH3 is 1. The molecule has 0 aromatic heterocycles. The topological polar surface area (TPSA) is 53.0 Å². The zero-order valence-electron chi connectivity index (χ0n) is 16.9. The molecule has 2 aromatic rings. The lowest BCUT2D eigenvalue weighted by Crippen LogP contribution is -2.54. The first-order valence-corrected chi connectivity index (χ1v) is 10.2. The zero-order valence-corrected chi connectivity index (χ0v) is 16.9. The maximum absolute atomic E-state index is 11.8. The number of aliphatic hydroxyl groups excluding tert-OH is 1. The Kier molecular flexibility index (Phi) is 5.30. The van der Waals surface area contributed by atoms with E-state index in [1.165, 1.54) is 16.3 Å². The average Bonchev–Trinajstić information content (AvgIpc) is 2.69. The Morgan fingerprint density at radius 3 is 2.61 bits per heavy atom. The minimum atomic E-state index is -0.387. The van der Waals surface area contributed by atoms with Crippen molar-refractivity contribution < 1.29 is 14.6 Å². The third-order valence-corrected chi connectivity index (χ3v) is 6.51. The lowest BCUT2D eigenvalue weighted by atomic mass is 9.71. The molecule has 28 heavy (non-hydrogen) atoms. The normalized spacial score (nSPS) is 22.5. The van der Waals surface area contributed by atoms with Crippen LogP contribution in [0.1, 0.15) is 31.7 Å².